The van der Waals surface area contributed by atoms with Crippen molar-refractivity contribution < 1.29 is 24.1 Å². The Morgan fingerprint density at radius 1 is 0.643 bits per heavy atom. The highest BCUT2D eigenvalue weighted by molar-refractivity contribution is 4.51. The third-order valence-corrected chi connectivity index (χ3v) is 1.74. The van der Waals surface area contributed by atoms with Crippen LogP contribution in [0.4, 0.5) is 0 Å². The van der Waals surface area contributed by atoms with Crippen LogP contribution >= 0.6 is 0 Å². The standard InChI is InChI=1S/C9H18O5/c10-9-7-13-5-3-11-1-2-12-4-6-14-8-9/h9-10H,1-8H2. The largest absolute Gasteiger partial charge is 0.388 e. The molecule has 0 radical (unpaired) electrons. The first-order chi connectivity index (χ1) is 6.89. The van der Waals surface area contributed by atoms with Crippen LogP contribution in [0.3, 0.4) is 0 Å². The molecule has 0 aromatic heterocycles. The summed E-state index contributed by atoms with van der Waals surface area (Å²) < 4.78 is 20.7. The van der Waals surface area contributed by atoms with Crippen LogP contribution in [0.15, 0.2) is 0 Å². The van der Waals surface area contributed by atoms with Crippen LogP contribution in [-0.4, -0.2) is 64.1 Å². The molecular formula is C9H18O5. The van der Waals surface area contributed by atoms with Gasteiger partial charge in [0.05, 0.1) is 52.9 Å². The van der Waals surface area contributed by atoms with Crippen LogP contribution in [-0.2, 0) is 18.9 Å². The van der Waals surface area contributed by atoms with E-state index in [1.807, 2.05) is 0 Å². The minimum absolute atomic E-state index is 0.296. The highest BCUT2D eigenvalue weighted by atomic mass is 16.6. The van der Waals surface area contributed by atoms with Crippen molar-refractivity contribution in [3.8, 4) is 0 Å². The van der Waals surface area contributed by atoms with Gasteiger partial charge in [0, 0.05) is 0 Å². The van der Waals surface area contributed by atoms with Gasteiger partial charge in [-0.1, -0.05) is 0 Å². The average Bonchev–Trinajstić information content (AvgIpc) is 2.20. The van der Waals surface area contributed by atoms with Gasteiger partial charge < -0.3 is 24.1 Å². The monoisotopic (exact) mass is 206 g/mol. The Kier molecular flexibility index (Phi) is 6.90. The molecule has 1 aliphatic rings. The second-order valence-electron chi connectivity index (χ2n) is 3.03. The highest BCUT2D eigenvalue weighted by Gasteiger charge is 2.04. The van der Waals surface area contributed by atoms with Crippen LogP contribution in [0.2, 0.25) is 0 Å². The Morgan fingerprint density at radius 2 is 1.00 bits per heavy atom. The molecular weight excluding hydrogens is 188 g/mol. The fourth-order valence-corrected chi connectivity index (χ4v) is 1.04. The molecule has 1 N–H and O–H groups in total. The topological polar surface area (TPSA) is 57.2 Å². The molecule has 14 heavy (non-hydrogen) atoms. The van der Waals surface area contributed by atoms with Gasteiger partial charge in [-0.25, -0.2) is 0 Å². The van der Waals surface area contributed by atoms with E-state index in [9.17, 15) is 5.11 Å². The van der Waals surface area contributed by atoms with E-state index < -0.39 is 6.10 Å². The van der Waals surface area contributed by atoms with Gasteiger partial charge in [-0.05, 0) is 0 Å². The van der Waals surface area contributed by atoms with Crippen LogP contribution in [0.1, 0.15) is 0 Å². The van der Waals surface area contributed by atoms with Gasteiger partial charge in [0.25, 0.3) is 0 Å². The normalized spacial score (nSPS) is 24.6. The van der Waals surface area contributed by atoms with Crippen molar-refractivity contribution in [3.05, 3.63) is 0 Å². The van der Waals surface area contributed by atoms with E-state index in [-0.39, 0.29) is 0 Å². The molecule has 0 amide bonds. The van der Waals surface area contributed by atoms with Gasteiger partial charge >= 0.3 is 0 Å². The minimum atomic E-state index is -0.559. The molecule has 5 nitrogen and oxygen atoms in total. The Labute approximate surface area is 83.9 Å². The molecule has 5 heteroatoms. The summed E-state index contributed by atoms with van der Waals surface area (Å²) in [7, 11) is 0. The quantitative estimate of drug-likeness (QED) is 0.575. The maximum absolute atomic E-state index is 9.33. The summed E-state index contributed by atoms with van der Waals surface area (Å²) in [6.45, 7) is 3.81. The van der Waals surface area contributed by atoms with E-state index >= 15 is 0 Å². The van der Waals surface area contributed by atoms with Crippen molar-refractivity contribution >= 4 is 0 Å². The maximum Gasteiger partial charge on any atom is 0.101 e. The van der Waals surface area contributed by atoms with E-state index in [4.69, 9.17) is 18.9 Å². The molecule has 1 saturated heterocycles. The molecule has 0 aliphatic carbocycles. The van der Waals surface area contributed by atoms with Gasteiger partial charge in [-0.3, -0.25) is 0 Å². The van der Waals surface area contributed by atoms with E-state index in [0.29, 0.717) is 52.9 Å². The van der Waals surface area contributed by atoms with Crippen molar-refractivity contribution in [2.75, 3.05) is 52.9 Å². The lowest BCUT2D eigenvalue weighted by molar-refractivity contribution is -0.0306. The fraction of sp³-hybridized carbons (Fsp3) is 1.00. The zero-order chi connectivity index (χ0) is 10.1. The van der Waals surface area contributed by atoms with Crippen LogP contribution < -0.4 is 0 Å². The average molecular weight is 206 g/mol. The second kappa shape index (κ2) is 8.14. The first-order valence-corrected chi connectivity index (χ1v) is 4.88. The molecule has 0 saturated carbocycles. The predicted molar refractivity (Wildman–Crippen MR) is 49.3 cm³/mol. The van der Waals surface area contributed by atoms with Gasteiger partial charge in [0.2, 0.25) is 0 Å². The van der Waals surface area contributed by atoms with Crippen molar-refractivity contribution in [1.29, 1.82) is 0 Å². The minimum Gasteiger partial charge on any atom is -0.388 e. The molecule has 0 unspecified atom stereocenters. The first kappa shape index (κ1) is 11.9. The summed E-state index contributed by atoms with van der Waals surface area (Å²) in [5.41, 5.74) is 0. The molecule has 1 heterocycles. The zero-order valence-electron chi connectivity index (χ0n) is 8.31. The van der Waals surface area contributed by atoms with Gasteiger partial charge in [-0.2, -0.15) is 0 Å². The Bertz CT molecular complexity index is 116. The van der Waals surface area contributed by atoms with Gasteiger partial charge in [0.1, 0.15) is 6.10 Å². The second-order valence-corrected chi connectivity index (χ2v) is 3.03. The maximum atomic E-state index is 9.33. The van der Waals surface area contributed by atoms with E-state index in [1.54, 1.807) is 0 Å². The number of hydrogen-bond donors (Lipinski definition) is 1. The van der Waals surface area contributed by atoms with E-state index in [2.05, 4.69) is 0 Å². The smallest absolute Gasteiger partial charge is 0.101 e. The zero-order valence-corrected chi connectivity index (χ0v) is 8.31. The van der Waals surface area contributed by atoms with Crippen LogP contribution in [0.5, 0.6) is 0 Å². The Morgan fingerprint density at radius 3 is 1.43 bits per heavy atom. The van der Waals surface area contributed by atoms with Crippen LogP contribution in [0.25, 0.3) is 0 Å². The predicted octanol–water partition coefficient (Wildman–Crippen LogP) is -0.573. The number of hydrogen-bond acceptors (Lipinski definition) is 5. The number of ether oxygens (including phenoxy) is 4. The van der Waals surface area contributed by atoms with Crippen molar-refractivity contribution in [1.82, 2.24) is 0 Å². The van der Waals surface area contributed by atoms with Gasteiger partial charge in [-0.15, -0.1) is 0 Å². The Hall–Kier alpha value is -0.200. The molecule has 0 atom stereocenters. The summed E-state index contributed by atoms with van der Waals surface area (Å²) >= 11 is 0. The van der Waals surface area contributed by atoms with Gasteiger partial charge in [0.15, 0.2) is 0 Å². The lowest BCUT2D eigenvalue weighted by Gasteiger charge is -2.10. The van der Waals surface area contributed by atoms with E-state index in [0.717, 1.165) is 0 Å². The van der Waals surface area contributed by atoms with E-state index in [1.165, 1.54) is 0 Å². The summed E-state index contributed by atoms with van der Waals surface area (Å²) in [6.07, 6.45) is -0.559. The fourth-order valence-electron chi connectivity index (χ4n) is 1.04. The van der Waals surface area contributed by atoms with Crippen LogP contribution in [0, 0.1) is 0 Å². The molecule has 1 rings (SSSR count). The molecule has 1 aliphatic heterocycles. The lowest BCUT2D eigenvalue weighted by Crippen LogP contribution is -2.23. The Balaban J connectivity index is 2.12. The molecule has 1 fully saturated rings. The van der Waals surface area contributed by atoms with Crippen molar-refractivity contribution in [2.45, 2.75) is 6.10 Å². The molecule has 84 valence electrons. The molecule has 0 bridgehead atoms. The first-order valence-electron chi connectivity index (χ1n) is 4.88. The molecule has 0 spiro atoms. The highest BCUT2D eigenvalue weighted by Crippen LogP contribution is 1.90. The van der Waals surface area contributed by atoms with Crippen molar-refractivity contribution in [2.24, 2.45) is 0 Å². The number of aliphatic hydroxyl groups excluding tert-OH is 1. The summed E-state index contributed by atoms with van der Waals surface area (Å²) in [6, 6.07) is 0. The third kappa shape index (κ3) is 6.28. The summed E-state index contributed by atoms with van der Waals surface area (Å²) in [5.74, 6) is 0. The number of aliphatic hydroxyl groups is 1. The molecule has 0 aromatic carbocycles. The summed E-state index contributed by atoms with van der Waals surface area (Å²) in [4.78, 5) is 0. The summed E-state index contributed by atoms with van der Waals surface area (Å²) in [5, 5.41) is 9.33. The van der Waals surface area contributed by atoms with Crippen molar-refractivity contribution in [3.63, 3.8) is 0 Å². The number of rotatable bonds is 0. The SMILES string of the molecule is OC1COCCOCCOCCOC1. The molecule has 0 aromatic rings. The third-order valence-electron chi connectivity index (χ3n) is 1.74. The lowest BCUT2D eigenvalue weighted by atomic mass is 10.4.